The second kappa shape index (κ2) is 8.82. The number of hydrogen-bond donors (Lipinski definition) is 0. The Bertz CT molecular complexity index is 559. The van der Waals surface area contributed by atoms with Crippen molar-refractivity contribution in [2.75, 3.05) is 19.8 Å². The highest BCUT2D eigenvalue weighted by Crippen LogP contribution is 2.29. The number of carbonyl (C=O) groups excluding carboxylic acids is 2. The summed E-state index contributed by atoms with van der Waals surface area (Å²) >= 11 is 0. The van der Waals surface area contributed by atoms with Crippen molar-refractivity contribution in [1.29, 1.82) is 0 Å². The van der Waals surface area contributed by atoms with Crippen LogP contribution in [0.5, 0.6) is 0 Å². The Balaban J connectivity index is 3.31. The molecule has 1 aromatic rings. The second-order valence-electron chi connectivity index (χ2n) is 4.63. The third-order valence-electron chi connectivity index (χ3n) is 3.13. The highest BCUT2D eigenvalue weighted by Gasteiger charge is 2.42. The Morgan fingerprint density at radius 1 is 1.17 bits per heavy atom. The molecule has 0 aliphatic carbocycles. The number of hydrogen-bond acceptors (Lipinski definition) is 6. The molecule has 1 unspecified atom stereocenters. The predicted octanol–water partition coefficient (Wildman–Crippen LogP) is 1.93. The second-order valence-corrected chi connectivity index (χ2v) is 4.63. The fourth-order valence-corrected chi connectivity index (χ4v) is 2.21. The van der Waals surface area contributed by atoms with Gasteiger partial charge in [0.05, 0.1) is 19.1 Å². The van der Waals surface area contributed by atoms with E-state index in [9.17, 15) is 24.1 Å². The van der Waals surface area contributed by atoms with E-state index in [-0.39, 0.29) is 18.8 Å². The first-order chi connectivity index (χ1) is 10.9. The first-order valence-corrected chi connectivity index (χ1v) is 7.11. The maximum atomic E-state index is 14.0. The van der Waals surface area contributed by atoms with Gasteiger partial charge in [0.1, 0.15) is 5.82 Å². The number of nitrogens with zero attached hydrogens (tertiary/aromatic N) is 1. The van der Waals surface area contributed by atoms with Crippen molar-refractivity contribution in [3.8, 4) is 0 Å². The molecule has 0 saturated carbocycles. The van der Waals surface area contributed by atoms with Crippen molar-refractivity contribution in [2.24, 2.45) is 5.92 Å². The molecule has 23 heavy (non-hydrogen) atoms. The highest BCUT2D eigenvalue weighted by molar-refractivity contribution is 5.96. The van der Waals surface area contributed by atoms with E-state index in [2.05, 4.69) is 0 Å². The molecule has 0 radical (unpaired) electrons. The van der Waals surface area contributed by atoms with Gasteiger partial charge in [0.15, 0.2) is 5.92 Å². The lowest BCUT2D eigenvalue weighted by atomic mass is 9.85. The minimum absolute atomic E-state index is 0.0167. The molecular weight excluding hydrogens is 309 g/mol. The zero-order valence-electron chi connectivity index (χ0n) is 12.9. The number of halogens is 1. The van der Waals surface area contributed by atoms with E-state index < -0.39 is 41.1 Å². The lowest BCUT2D eigenvalue weighted by Crippen LogP contribution is -2.36. The quantitative estimate of drug-likeness (QED) is 0.313. The maximum Gasteiger partial charge on any atom is 0.321 e. The van der Waals surface area contributed by atoms with Crippen molar-refractivity contribution in [3.63, 3.8) is 0 Å². The number of carbonyl (C=O) groups is 2. The first-order valence-electron chi connectivity index (χ1n) is 7.11. The van der Waals surface area contributed by atoms with Crippen molar-refractivity contribution in [2.45, 2.75) is 19.8 Å². The maximum absolute atomic E-state index is 14.0. The van der Waals surface area contributed by atoms with Crippen LogP contribution < -0.4 is 0 Å². The summed E-state index contributed by atoms with van der Waals surface area (Å²) in [4.78, 5) is 34.4. The average Bonchev–Trinajstić information content (AvgIpc) is 2.47. The van der Waals surface area contributed by atoms with Gasteiger partial charge in [0.2, 0.25) is 6.54 Å². The van der Waals surface area contributed by atoms with Crippen LogP contribution in [0, 0.1) is 21.8 Å². The Morgan fingerprint density at radius 2 is 1.70 bits per heavy atom. The van der Waals surface area contributed by atoms with Crippen LogP contribution in [-0.4, -0.2) is 36.6 Å². The monoisotopic (exact) mass is 327 g/mol. The molecule has 0 N–H and O–H groups in total. The van der Waals surface area contributed by atoms with Crippen molar-refractivity contribution >= 4 is 11.9 Å². The molecule has 0 amide bonds. The van der Waals surface area contributed by atoms with Gasteiger partial charge in [0.25, 0.3) is 0 Å². The van der Waals surface area contributed by atoms with Gasteiger partial charge in [-0.3, -0.25) is 19.7 Å². The minimum Gasteiger partial charge on any atom is -0.465 e. The number of benzene rings is 1. The smallest absolute Gasteiger partial charge is 0.321 e. The lowest BCUT2D eigenvalue weighted by Gasteiger charge is -2.22. The minimum atomic E-state index is -1.60. The van der Waals surface area contributed by atoms with E-state index in [0.717, 1.165) is 6.07 Å². The summed E-state index contributed by atoms with van der Waals surface area (Å²) in [5, 5.41) is 10.9. The van der Waals surface area contributed by atoms with Gasteiger partial charge in [-0.15, -0.1) is 0 Å². The first kappa shape index (κ1) is 18.5. The molecule has 0 saturated heterocycles. The average molecular weight is 327 g/mol. The zero-order chi connectivity index (χ0) is 17.4. The van der Waals surface area contributed by atoms with Gasteiger partial charge >= 0.3 is 11.9 Å². The van der Waals surface area contributed by atoms with Gasteiger partial charge in [-0.2, -0.15) is 0 Å². The normalized spacial score (nSPS) is 11.8. The lowest BCUT2D eigenvalue weighted by molar-refractivity contribution is -0.484. The number of rotatable bonds is 8. The molecule has 0 heterocycles. The molecule has 7 nitrogen and oxygen atoms in total. The Hall–Kier alpha value is -2.51. The summed E-state index contributed by atoms with van der Waals surface area (Å²) in [7, 11) is 0. The Labute approximate surface area is 132 Å². The topological polar surface area (TPSA) is 95.7 Å². The fraction of sp³-hybridized carbons (Fsp3) is 0.467. The van der Waals surface area contributed by atoms with Crippen LogP contribution in [-0.2, 0) is 19.1 Å². The van der Waals surface area contributed by atoms with Crippen molar-refractivity contribution in [3.05, 3.63) is 45.8 Å². The summed E-state index contributed by atoms with van der Waals surface area (Å²) in [6, 6.07) is 5.29. The third-order valence-corrected chi connectivity index (χ3v) is 3.13. The molecule has 0 fully saturated rings. The Morgan fingerprint density at radius 3 is 2.13 bits per heavy atom. The molecule has 0 aromatic heterocycles. The van der Waals surface area contributed by atoms with Crippen LogP contribution >= 0.6 is 0 Å². The summed E-state index contributed by atoms with van der Waals surface area (Å²) in [6.45, 7) is 2.23. The van der Waals surface area contributed by atoms with Gasteiger partial charge in [-0.25, -0.2) is 4.39 Å². The number of nitro groups is 1. The molecule has 0 spiro atoms. The molecule has 126 valence electrons. The van der Waals surface area contributed by atoms with E-state index in [4.69, 9.17) is 9.47 Å². The molecule has 8 heteroatoms. The fourth-order valence-electron chi connectivity index (χ4n) is 2.21. The largest absolute Gasteiger partial charge is 0.465 e. The molecule has 0 bridgehead atoms. The van der Waals surface area contributed by atoms with E-state index in [1.54, 1.807) is 0 Å². The molecule has 1 aromatic carbocycles. The number of esters is 2. The van der Waals surface area contributed by atoms with Crippen LogP contribution in [0.25, 0.3) is 0 Å². The van der Waals surface area contributed by atoms with Crippen LogP contribution in [0.15, 0.2) is 24.3 Å². The predicted molar refractivity (Wildman–Crippen MR) is 77.8 cm³/mol. The van der Waals surface area contributed by atoms with Gasteiger partial charge < -0.3 is 9.47 Å². The number of ether oxygens (including phenoxy) is 2. The van der Waals surface area contributed by atoms with Crippen LogP contribution in [0.4, 0.5) is 4.39 Å². The Kier molecular flexibility index (Phi) is 7.11. The standard InChI is InChI=1S/C15H18FNO6/c1-3-22-14(18)13(15(19)23-4-2)11(9-17(20)21)10-7-5-6-8-12(10)16/h5-8,11,13H,3-4,9H2,1-2H3. The van der Waals surface area contributed by atoms with Crippen LogP contribution in [0.3, 0.4) is 0 Å². The summed E-state index contributed by atoms with van der Waals surface area (Å²) in [6.07, 6.45) is 0. The van der Waals surface area contributed by atoms with Crippen LogP contribution in [0.1, 0.15) is 25.3 Å². The van der Waals surface area contributed by atoms with E-state index in [1.807, 2.05) is 0 Å². The zero-order valence-corrected chi connectivity index (χ0v) is 12.9. The van der Waals surface area contributed by atoms with E-state index >= 15 is 0 Å². The van der Waals surface area contributed by atoms with Crippen molar-refractivity contribution in [1.82, 2.24) is 0 Å². The third kappa shape index (κ3) is 5.01. The summed E-state index contributed by atoms with van der Waals surface area (Å²) in [5.74, 6) is -5.60. The van der Waals surface area contributed by atoms with Crippen molar-refractivity contribution < 1.29 is 28.4 Å². The summed E-state index contributed by atoms with van der Waals surface area (Å²) < 4.78 is 23.6. The highest BCUT2D eigenvalue weighted by atomic mass is 19.1. The van der Waals surface area contributed by atoms with Crippen LogP contribution in [0.2, 0.25) is 0 Å². The van der Waals surface area contributed by atoms with Gasteiger partial charge in [-0.05, 0) is 25.5 Å². The molecule has 1 atom stereocenters. The van der Waals surface area contributed by atoms with Gasteiger partial charge in [-0.1, -0.05) is 18.2 Å². The van der Waals surface area contributed by atoms with E-state index in [0.29, 0.717) is 0 Å². The van der Waals surface area contributed by atoms with Gasteiger partial charge in [0, 0.05) is 4.92 Å². The van der Waals surface area contributed by atoms with E-state index in [1.165, 1.54) is 32.0 Å². The molecule has 0 aliphatic rings. The SMILES string of the molecule is CCOC(=O)C(C(=O)OCC)C(C[N+](=O)[O-])c1ccccc1F. The molecular formula is C15H18FNO6. The molecule has 1 rings (SSSR count). The molecule has 0 aliphatic heterocycles. The summed E-state index contributed by atoms with van der Waals surface area (Å²) in [5.41, 5.74) is -0.102.